The second-order valence-electron chi connectivity index (χ2n) is 8.12. The van der Waals surface area contributed by atoms with Gasteiger partial charge in [0.05, 0.1) is 15.9 Å². The molecule has 2 aromatic carbocycles. The number of hydrogen-bond donors (Lipinski definition) is 0. The number of fused-ring (bicyclic) bond motifs is 1. The van der Waals surface area contributed by atoms with Crippen molar-refractivity contribution in [3.05, 3.63) is 57.5 Å². The first kappa shape index (κ1) is 20.7. The zero-order valence-electron chi connectivity index (χ0n) is 18.1. The lowest BCUT2D eigenvalue weighted by Gasteiger charge is -2.36. The van der Waals surface area contributed by atoms with Gasteiger partial charge in [-0.25, -0.2) is 13.2 Å². The van der Waals surface area contributed by atoms with E-state index in [0.717, 1.165) is 5.52 Å². The van der Waals surface area contributed by atoms with Crippen LogP contribution in [-0.2, 0) is 24.1 Å². The van der Waals surface area contributed by atoms with E-state index in [-0.39, 0.29) is 10.6 Å². The van der Waals surface area contributed by atoms with Gasteiger partial charge in [0.25, 0.3) is 0 Å². The van der Waals surface area contributed by atoms with Crippen LogP contribution < -0.4 is 10.6 Å². The summed E-state index contributed by atoms with van der Waals surface area (Å²) in [4.78, 5) is 14.8. The molecule has 7 nitrogen and oxygen atoms in total. The SMILES string of the molecule is Cc1cc2c(cc1S(=O)(=O)N1CCN(c3cccc(C)c3C)CC1)n(C)c(=O)n2C. The Morgan fingerprint density at radius 3 is 2.07 bits per heavy atom. The molecule has 1 aromatic heterocycles. The molecule has 1 aliphatic rings. The van der Waals surface area contributed by atoms with Crippen molar-refractivity contribution >= 4 is 26.7 Å². The highest BCUT2D eigenvalue weighted by molar-refractivity contribution is 7.89. The van der Waals surface area contributed by atoms with Crippen LogP contribution in [0.2, 0.25) is 0 Å². The maximum atomic E-state index is 13.4. The predicted octanol–water partition coefficient (Wildman–Crippen LogP) is 2.31. The van der Waals surface area contributed by atoms with E-state index in [4.69, 9.17) is 0 Å². The monoisotopic (exact) mass is 428 g/mol. The second kappa shape index (κ2) is 7.28. The lowest BCUT2D eigenvalue weighted by atomic mass is 10.1. The zero-order valence-corrected chi connectivity index (χ0v) is 19.0. The Kier molecular flexibility index (Phi) is 5.02. The number of piperazine rings is 1. The molecule has 160 valence electrons. The molecule has 0 aliphatic carbocycles. The Bertz CT molecular complexity index is 1300. The van der Waals surface area contributed by atoms with E-state index in [2.05, 4.69) is 30.9 Å². The van der Waals surface area contributed by atoms with Crippen molar-refractivity contribution in [2.24, 2.45) is 14.1 Å². The Morgan fingerprint density at radius 1 is 0.833 bits per heavy atom. The van der Waals surface area contributed by atoms with Gasteiger partial charge in [0.1, 0.15) is 0 Å². The summed E-state index contributed by atoms with van der Waals surface area (Å²) < 4.78 is 31.5. The Labute approximate surface area is 177 Å². The van der Waals surface area contributed by atoms with Gasteiger partial charge >= 0.3 is 5.69 Å². The largest absolute Gasteiger partial charge is 0.369 e. The molecule has 0 unspecified atom stereocenters. The Hall–Kier alpha value is -2.58. The molecule has 0 atom stereocenters. The summed E-state index contributed by atoms with van der Waals surface area (Å²) in [6.07, 6.45) is 0. The van der Waals surface area contributed by atoms with E-state index in [1.54, 1.807) is 42.0 Å². The molecule has 1 aliphatic heterocycles. The van der Waals surface area contributed by atoms with Crippen molar-refractivity contribution < 1.29 is 8.42 Å². The number of benzene rings is 2. The fourth-order valence-corrected chi connectivity index (χ4v) is 5.94. The van der Waals surface area contributed by atoms with Crippen molar-refractivity contribution in [1.29, 1.82) is 0 Å². The number of imidazole rings is 1. The molecule has 0 N–H and O–H groups in total. The van der Waals surface area contributed by atoms with Crippen molar-refractivity contribution in [2.45, 2.75) is 25.7 Å². The molecule has 8 heteroatoms. The first-order valence-electron chi connectivity index (χ1n) is 10.1. The van der Waals surface area contributed by atoms with Crippen LogP contribution in [0.5, 0.6) is 0 Å². The lowest BCUT2D eigenvalue weighted by molar-refractivity contribution is 0.384. The smallest absolute Gasteiger partial charge is 0.328 e. The highest BCUT2D eigenvalue weighted by Crippen LogP contribution is 2.28. The van der Waals surface area contributed by atoms with Gasteiger partial charge in [0.15, 0.2) is 0 Å². The van der Waals surface area contributed by atoms with E-state index in [0.29, 0.717) is 37.3 Å². The number of aromatic nitrogens is 2. The summed E-state index contributed by atoms with van der Waals surface area (Å²) in [5.74, 6) is 0. The van der Waals surface area contributed by atoms with E-state index >= 15 is 0 Å². The number of anilines is 1. The number of rotatable bonds is 3. The van der Waals surface area contributed by atoms with Crippen LogP contribution >= 0.6 is 0 Å². The van der Waals surface area contributed by atoms with Crippen molar-refractivity contribution in [3.8, 4) is 0 Å². The van der Waals surface area contributed by atoms with Crippen LogP contribution in [0.15, 0.2) is 40.0 Å². The first-order chi connectivity index (χ1) is 14.1. The molecule has 4 rings (SSSR count). The standard InChI is InChI=1S/C22H28N4O3S/c1-15-7-6-8-18(17(15)3)25-9-11-26(12-10-25)30(28,29)21-14-20-19(13-16(21)2)23(4)22(27)24(20)5/h6-8,13-14H,9-12H2,1-5H3. The van der Waals surface area contributed by atoms with Crippen LogP contribution in [0.25, 0.3) is 11.0 Å². The first-order valence-corrected chi connectivity index (χ1v) is 11.5. The molecule has 1 fully saturated rings. The summed E-state index contributed by atoms with van der Waals surface area (Å²) in [5.41, 5.74) is 5.49. The molecule has 0 spiro atoms. The molecule has 0 saturated carbocycles. The highest BCUT2D eigenvalue weighted by atomic mass is 32.2. The molecule has 30 heavy (non-hydrogen) atoms. The molecule has 0 amide bonds. The summed E-state index contributed by atoms with van der Waals surface area (Å²) in [6, 6.07) is 9.66. The molecule has 1 saturated heterocycles. The van der Waals surface area contributed by atoms with E-state index in [9.17, 15) is 13.2 Å². The topological polar surface area (TPSA) is 67.6 Å². The lowest BCUT2D eigenvalue weighted by Crippen LogP contribution is -2.49. The van der Waals surface area contributed by atoms with Gasteiger partial charge in [0.2, 0.25) is 10.0 Å². The third kappa shape index (κ3) is 3.15. The minimum atomic E-state index is -3.65. The number of sulfonamides is 1. The average molecular weight is 429 g/mol. The predicted molar refractivity (Wildman–Crippen MR) is 120 cm³/mol. The van der Waals surface area contributed by atoms with Crippen LogP contribution in [0.4, 0.5) is 5.69 Å². The van der Waals surface area contributed by atoms with Crippen LogP contribution in [0.1, 0.15) is 16.7 Å². The molecule has 0 bridgehead atoms. The third-order valence-electron chi connectivity index (χ3n) is 6.34. The molecular weight excluding hydrogens is 400 g/mol. The van der Waals surface area contributed by atoms with E-state index < -0.39 is 10.0 Å². The maximum Gasteiger partial charge on any atom is 0.328 e. The molecular formula is C22H28N4O3S. The Morgan fingerprint density at radius 2 is 1.43 bits per heavy atom. The average Bonchev–Trinajstić information content (AvgIpc) is 2.93. The molecule has 0 radical (unpaired) electrons. The second-order valence-corrected chi connectivity index (χ2v) is 10.0. The van der Waals surface area contributed by atoms with E-state index in [1.165, 1.54) is 21.4 Å². The van der Waals surface area contributed by atoms with Crippen molar-refractivity contribution in [1.82, 2.24) is 13.4 Å². The van der Waals surface area contributed by atoms with E-state index in [1.807, 2.05) is 6.07 Å². The fourth-order valence-electron chi connectivity index (χ4n) is 4.30. The summed E-state index contributed by atoms with van der Waals surface area (Å²) in [6.45, 7) is 8.15. The molecule has 3 aromatic rings. The van der Waals surface area contributed by atoms with Crippen LogP contribution in [0, 0.1) is 20.8 Å². The fraction of sp³-hybridized carbons (Fsp3) is 0.409. The van der Waals surface area contributed by atoms with Gasteiger partial charge in [-0.05, 0) is 55.7 Å². The Balaban J connectivity index is 1.64. The van der Waals surface area contributed by atoms with Crippen LogP contribution in [0.3, 0.4) is 0 Å². The van der Waals surface area contributed by atoms with Gasteiger partial charge in [-0.3, -0.25) is 9.13 Å². The van der Waals surface area contributed by atoms with Gasteiger partial charge in [-0.1, -0.05) is 12.1 Å². The third-order valence-corrected chi connectivity index (χ3v) is 8.38. The number of aryl methyl sites for hydroxylation is 4. The minimum absolute atomic E-state index is 0.166. The molecule has 2 heterocycles. The normalized spacial score (nSPS) is 15.8. The van der Waals surface area contributed by atoms with Gasteiger partial charge in [-0.2, -0.15) is 4.31 Å². The quantitative estimate of drug-likeness (QED) is 0.642. The van der Waals surface area contributed by atoms with Crippen LogP contribution in [-0.4, -0.2) is 48.0 Å². The van der Waals surface area contributed by atoms with Gasteiger partial charge in [-0.15, -0.1) is 0 Å². The maximum absolute atomic E-state index is 13.4. The number of hydrogen-bond acceptors (Lipinski definition) is 4. The minimum Gasteiger partial charge on any atom is -0.369 e. The summed E-state index contributed by atoms with van der Waals surface area (Å²) >= 11 is 0. The number of nitrogens with zero attached hydrogens (tertiary/aromatic N) is 4. The highest BCUT2D eigenvalue weighted by Gasteiger charge is 2.31. The van der Waals surface area contributed by atoms with Crippen molar-refractivity contribution in [2.75, 3.05) is 31.1 Å². The summed E-state index contributed by atoms with van der Waals surface area (Å²) in [7, 11) is -0.281. The van der Waals surface area contributed by atoms with Gasteiger partial charge < -0.3 is 4.90 Å². The summed E-state index contributed by atoms with van der Waals surface area (Å²) in [5, 5.41) is 0. The van der Waals surface area contributed by atoms with Gasteiger partial charge in [0, 0.05) is 46.0 Å². The van der Waals surface area contributed by atoms with Crippen molar-refractivity contribution in [3.63, 3.8) is 0 Å². The zero-order chi connectivity index (χ0) is 21.8.